The number of amidine groups is 3. The third-order valence-electron chi connectivity index (χ3n) is 27.5. The topological polar surface area (TPSA) is 135 Å². The Morgan fingerprint density at radius 2 is 0.408 bits per heavy atom. The second-order valence-corrected chi connectivity index (χ2v) is 43.7. The number of thioether (sulfide) groups is 3. The van der Waals surface area contributed by atoms with Crippen molar-refractivity contribution in [2.24, 2.45) is 30.0 Å². The number of rotatable bonds is 15. The fourth-order valence-corrected chi connectivity index (χ4v) is 19.8. The van der Waals surface area contributed by atoms with E-state index in [2.05, 4.69) is 430 Å². The summed E-state index contributed by atoms with van der Waals surface area (Å²) in [6, 6.07) is 87.8. The van der Waals surface area contributed by atoms with Crippen molar-refractivity contribution in [1.82, 2.24) is 19.9 Å². The van der Waals surface area contributed by atoms with Gasteiger partial charge in [0.15, 0.2) is 11.6 Å². The Morgan fingerprint density at radius 1 is 0.200 bits per heavy atom. The van der Waals surface area contributed by atoms with Crippen molar-refractivity contribution in [3.8, 4) is 67.8 Å². The average Bonchev–Trinajstić information content (AvgIpc) is 1.59. The summed E-state index contributed by atoms with van der Waals surface area (Å²) in [7, 11) is 0. The average molecular weight is 1640 g/mol. The van der Waals surface area contributed by atoms with Crippen LogP contribution in [0.4, 0.5) is 17.1 Å². The lowest BCUT2D eigenvalue weighted by Crippen LogP contribution is -2.53. The molecule has 13 nitrogen and oxygen atoms in total. The van der Waals surface area contributed by atoms with Crippen molar-refractivity contribution >= 4 is 85.0 Å². The molecule has 0 N–H and O–H groups in total. The number of hydrogen-bond acceptors (Lipinski definition) is 16. The fourth-order valence-electron chi connectivity index (χ4n) is 15.9. The normalized spacial score (nSPS) is 20.4. The summed E-state index contributed by atoms with van der Waals surface area (Å²) >= 11 is 5.54. The van der Waals surface area contributed by atoms with Gasteiger partial charge in [0.25, 0.3) is 0 Å². The van der Waals surface area contributed by atoms with Crippen LogP contribution in [-0.4, -0.2) is 117 Å². The SMILES string of the molecule is CC1(C)N=C(c2cccc(-c3cc(-c4cccc(C5=NC(C)(C)C(C)(C)N5c5ccccc5)c4)nc(-c4cccc(C5=NC(C)(C)C(C)(C)N5c5ccccc5)c4)n3)c2)N(c2ccccc2)C1(C)C.CC1(C)N=C(c2cccc(-c3cc(-c4cccc(C5=NC(C)(C)C(C)(C)S5)c4)nc(-c4cccc(C5=NC(C)(C)C(C)(C)S5)c4)n3)c2)SC1(C)C. The van der Waals surface area contributed by atoms with E-state index >= 15 is 0 Å². The first-order valence-corrected chi connectivity index (χ1v) is 44.5. The highest BCUT2D eigenvalue weighted by atomic mass is 32.2. The van der Waals surface area contributed by atoms with E-state index in [4.69, 9.17) is 49.9 Å². The molecule has 0 spiro atoms. The first kappa shape index (κ1) is 83.3. The zero-order valence-electron chi connectivity index (χ0n) is 74.2. The zero-order valence-corrected chi connectivity index (χ0v) is 76.7. The van der Waals surface area contributed by atoms with Gasteiger partial charge in [-0.1, -0.05) is 199 Å². The van der Waals surface area contributed by atoms with Crippen molar-refractivity contribution < 1.29 is 0 Å². The van der Waals surface area contributed by atoms with E-state index < -0.39 is 0 Å². The van der Waals surface area contributed by atoms with Crippen LogP contribution in [-0.2, 0) is 0 Å². The van der Waals surface area contributed by atoms with Gasteiger partial charge in [0.1, 0.15) is 17.5 Å². The van der Waals surface area contributed by atoms with Crippen molar-refractivity contribution in [2.45, 2.75) is 230 Å². The second-order valence-electron chi connectivity index (χ2n) is 38.8. The number of benzene rings is 9. The van der Waals surface area contributed by atoms with Gasteiger partial charge in [0, 0.05) is 98.1 Å². The lowest BCUT2D eigenvalue weighted by Gasteiger charge is -2.41. The van der Waals surface area contributed by atoms with Gasteiger partial charge in [0.05, 0.1) is 87.8 Å². The van der Waals surface area contributed by atoms with Gasteiger partial charge < -0.3 is 14.7 Å². The van der Waals surface area contributed by atoms with Crippen LogP contribution in [0.3, 0.4) is 0 Å². The van der Waals surface area contributed by atoms with E-state index in [1.807, 2.05) is 35.3 Å². The first-order chi connectivity index (χ1) is 56.4. The molecule has 11 aromatic rings. The highest BCUT2D eigenvalue weighted by Crippen LogP contribution is 2.52. The molecule has 8 heterocycles. The van der Waals surface area contributed by atoms with E-state index in [-0.39, 0.29) is 64.1 Å². The monoisotopic (exact) mass is 1640 g/mol. The molecule has 0 saturated heterocycles. The molecule has 6 aliphatic rings. The van der Waals surface area contributed by atoms with E-state index in [9.17, 15) is 0 Å². The van der Waals surface area contributed by atoms with Crippen LogP contribution >= 0.6 is 35.3 Å². The third-order valence-corrected chi connectivity index (χ3v) is 32.1. The number of aliphatic imine (C=N–C) groups is 6. The fraction of sp³-hybridized carbons (Fsp3) is 0.346. The van der Waals surface area contributed by atoms with Gasteiger partial charge in [-0.05, 0) is 251 Å². The molecule has 0 atom stereocenters. The Hall–Kier alpha value is -10.4. The van der Waals surface area contributed by atoms with Crippen LogP contribution in [0.5, 0.6) is 0 Å². The maximum atomic E-state index is 5.44. The van der Waals surface area contributed by atoms with Gasteiger partial charge in [-0.2, -0.15) is 0 Å². The number of anilines is 3. The lowest BCUT2D eigenvalue weighted by molar-refractivity contribution is 0.338. The summed E-state index contributed by atoms with van der Waals surface area (Å²) in [5.74, 6) is 4.11. The van der Waals surface area contributed by atoms with Crippen LogP contribution in [0.2, 0.25) is 0 Å². The minimum Gasteiger partial charge on any atom is -0.318 e. The van der Waals surface area contributed by atoms with Crippen LogP contribution in [0.15, 0.2) is 279 Å². The van der Waals surface area contributed by atoms with Crippen LogP contribution in [0.1, 0.15) is 200 Å². The molecule has 9 aromatic carbocycles. The Bertz CT molecular complexity index is 5450. The molecule has 0 radical (unpaired) electrons. The number of aromatic nitrogens is 4. The largest absolute Gasteiger partial charge is 0.318 e. The third kappa shape index (κ3) is 14.9. The number of nitrogens with zero attached hydrogens (tertiary/aromatic N) is 13. The standard InChI is InChI=1S/C61H64N8.C43H49N5S3/c1-56(2)59(7,8)67(47-31-16-13-17-32-47)53(64-56)44-28-22-25-41(37-44)50-40-51(42-26-23-29-45(38-42)54-65-57(3,4)60(9,10)68(54)48-33-18-14-19-34-48)63-52(62-50)43-27-24-30-46(39-43)55-66-58(5,6)61(11,12)69(55)49-35-20-15-21-36-49;1-38(2)41(7,8)49-35(46-38)29-19-13-16-26(22-29)32-25-33(27-17-14-20-30(23-27)36-47-39(3,4)42(9,10)50-36)45-34(44-32)28-18-15-21-31(24-28)37-48-40(5,6)43(11,12)51-37/h13-40H,1-12H3;13-25H,1-12H3. The van der Waals surface area contributed by atoms with E-state index in [1.54, 1.807) is 0 Å². The molecule has 16 heteroatoms. The lowest BCUT2D eigenvalue weighted by atomic mass is 9.83. The van der Waals surface area contributed by atoms with Gasteiger partial charge in [-0.3, -0.25) is 30.0 Å². The summed E-state index contributed by atoms with van der Waals surface area (Å²) in [6.07, 6.45) is 0. The number of para-hydroxylation sites is 3. The maximum absolute atomic E-state index is 5.44. The van der Waals surface area contributed by atoms with Crippen molar-refractivity contribution in [2.75, 3.05) is 14.7 Å². The molecular formula is C104H113N13S3. The molecule has 0 unspecified atom stereocenters. The van der Waals surface area contributed by atoms with Crippen LogP contribution < -0.4 is 14.7 Å². The van der Waals surface area contributed by atoms with Crippen molar-refractivity contribution in [3.63, 3.8) is 0 Å². The van der Waals surface area contributed by atoms with Gasteiger partial charge >= 0.3 is 0 Å². The molecule has 0 bridgehead atoms. The first-order valence-electron chi connectivity index (χ1n) is 42.0. The zero-order chi connectivity index (χ0) is 85.5. The molecule has 6 aliphatic heterocycles. The molecule has 0 amide bonds. The molecular weight excluding hydrogens is 1530 g/mol. The van der Waals surface area contributed by atoms with E-state index in [0.717, 1.165) is 139 Å². The molecule has 0 aliphatic carbocycles. The van der Waals surface area contributed by atoms with Gasteiger partial charge in [0.2, 0.25) is 0 Å². The Labute approximate surface area is 724 Å². The molecule has 120 heavy (non-hydrogen) atoms. The summed E-state index contributed by atoms with van der Waals surface area (Å²) in [5, 5.41) is 3.20. The number of hydrogen-bond donors (Lipinski definition) is 0. The highest BCUT2D eigenvalue weighted by Gasteiger charge is 2.54. The second kappa shape index (κ2) is 29.7. The van der Waals surface area contributed by atoms with Gasteiger partial charge in [-0.25, -0.2) is 19.9 Å². The quantitative estimate of drug-likeness (QED) is 0.0976. The molecule has 0 saturated carbocycles. The van der Waals surface area contributed by atoms with Gasteiger partial charge in [-0.15, -0.1) is 0 Å². The molecule has 2 aromatic heterocycles. The van der Waals surface area contributed by atoms with E-state index in [1.165, 1.54) is 0 Å². The Morgan fingerprint density at radius 3 is 0.650 bits per heavy atom. The van der Waals surface area contributed by atoms with Crippen LogP contribution in [0.25, 0.3) is 67.8 Å². The smallest absolute Gasteiger partial charge is 0.160 e. The summed E-state index contributed by atoms with van der Waals surface area (Å²) in [5.41, 5.74) is 16.5. The highest BCUT2D eigenvalue weighted by molar-refractivity contribution is 8.16. The maximum Gasteiger partial charge on any atom is 0.160 e. The molecule has 612 valence electrons. The Balaban J connectivity index is 0.000000187. The predicted molar refractivity (Wildman–Crippen MR) is 514 cm³/mol. The summed E-state index contributed by atoms with van der Waals surface area (Å²) in [6.45, 7) is 54.0. The minimum absolute atomic E-state index is 0.00227. The Kier molecular flexibility index (Phi) is 20.6. The minimum atomic E-state index is -0.359. The van der Waals surface area contributed by atoms with Crippen molar-refractivity contribution in [3.05, 3.63) is 282 Å². The predicted octanol–water partition coefficient (Wildman–Crippen LogP) is 25.6. The van der Waals surface area contributed by atoms with E-state index in [0.29, 0.717) is 11.6 Å². The molecule has 17 rings (SSSR count). The molecule has 0 fully saturated rings. The summed E-state index contributed by atoms with van der Waals surface area (Å²) in [4.78, 5) is 60.3. The van der Waals surface area contributed by atoms with Crippen molar-refractivity contribution in [1.29, 1.82) is 0 Å². The summed E-state index contributed by atoms with van der Waals surface area (Å²) < 4.78 is 0.00117. The van der Waals surface area contributed by atoms with Crippen LogP contribution in [0, 0.1) is 0 Å².